The van der Waals surface area contributed by atoms with Crippen LogP contribution in [0, 0.1) is 6.92 Å². The van der Waals surface area contributed by atoms with E-state index >= 15 is 0 Å². The fourth-order valence-electron chi connectivity index (χ4n) is 1.63. The molecule has 1 unspecified atom stereocenters. The van der Waals surface area contributed by atoms with E-state index in [2.05, 4.69) is 53.1 Å². The van der Waals surface area contributed by atoms with E-state index < -0.39 is 0 Å². The Hall–Kier alpha value is -0.650. The number of thiophene rings is 1. The number of rotatable bonds is 5. The van der Waals surface area contributed by atoms with E-state index in [1.54, 1.807) is 17.5 Å². The Labute approximate surface area is 120 Å². The minimum atomic E-state index is 0.156. The maximum absolute atomic E-state index is 5.81. The van der Waals surface area contributed by atoms with Crippen molar-refractivity contribution < 1.29 is 4.42 Å². The fraction of sp³-hybridized carbons (Fsp3) is 0.462. The second-order valence-corrected chi connectivity index (χ2v) is 6.68. The molecule has 2 aromatic rings. The molecule has 0 aliphatic heterocycles. The summed E-state index contributed by atoms with van der Waals surface area (Å²) in [5, 5.41) is 3.37. The van der Waals surface area contributed by atoms with Gasteiger partial charge >= 0.3 is 0 Å². The Morgan fingerprint density at radius 2 is 2.33 bits per heavy atom. The van der Waals surface area contributed by atoms with Crippen LogP contribution in [0.15, 0.2) is 20.5 Å². The topological polar surface area (TPSA) is 38.1 Å². The molecule has 1 atom stereocenters. The zero-order chi connectivity index (χ0) is 13.1. The van der Waals surface area contributed by atoms with E-state index in [9.17, 15) is 0 Å². The maximum atomic E-state index is 5.81. The molecule has 0 spiro atoms. The highest BCUT2D eigenvalue weighted by molar-refractivity contribution is 9.11. The molecule has 18 heavy (non-hydrogen) atoms. The van der Waals surface area contributed by atoms with Crippen molar-refractivity contribution in [3.05, 3.63) is 27.5 Å². The number of aromatic nitrogens is 1. The van der Waals surface area contributed by atoms with Crippen LogP contribution in [0.1, 0.15) is 37.8 Å². The number of oxazole rings is 1. The summed E-state index contributed by atoms with van der Waals surface area (Å²) in [5.74, 6) is 1.59. The molecule has 2 heterocycles. The smallest absolute Gasteiger partial charge is 0.211 e. The Morgan fingerprint density at radius 1 is 1.56 bits per heavy atom. The molecule has 0 saturated heterocycles. The third-order valence-electron chi connectivity index (χ3n) is 2.69. The number of nitrogens with one attached hydrogen (secondary N) is 1. The molecule has 98 valence electrons. The summed E-state index contributed by atoms with van der Waals surface area (Å²) >= 11 is 5.20. The minimum Gasteiger partial charge on any atom is -0.438 e. The number of nitrogens with zero attached hydrogens (tertiary/aromatic N) is 1. The molecule has 2 rings (SSSR count). The van der Waals surface area contributed by atoms with Gasteiger partial charge in [-0.05, 0) is 54.4 Å². The number of aryl methyl sites for hydroxylation is 1. The molecule has 0 aliphatic carbocycles. The quantitative estimate of drug-likeness (QED) is 0.875. The van der Waals surface area contributed by atoms with Gasteiger partial charge in [0.1, 0.15) is 0 Å². The average Bonchev–Trinajstić information content (AvgIpc) is 2.94. The van der Waals surface area contributed by atoms with Crippen molar-refractivity contribution in [3.63, 3.8) is 0 Å². The molecule has 0 fully saturated rings. The van der Waals surface area contributed by atoms with E-state index in [0.717, 1.165) is 33.3 Å². The summed E-state index contributed by atoms with van der Waals surface area (Å²) in [4.78, 5) is 5.46. The zero-order valence-corrected chi connectivity index (χ0v) is 13.2. The van der Waals surface area contributed by atoms with Crippen LogP contribution in [0.3, 0.4) is 0 Å². The Morgan fingerprint density at radius 3 is 2.94 bits per heavy atom. The largest absolute Gasteiger partial charge is 0.438 e. The minimum absolute atomic E-state index is 0.156. The summed E-state index contributed by atoms with van der Waals surface area (Å²) in [7, 11) is 0. The molecule has 3 nitrogen and oxygen atoms in total. The second-order valence-electron chi connectivity index (χ2n) is 4.31. The van der Waals surface area contributed by atoms with Crippen molar-refractivity contribution >= 4 is 27.3 Å². The fourth-order valence-corrected chi connectivity index (χ4v) is 3.11. The molecule has 1 N–H and O–H groups in total. The molecular formula is C13H17BrN2OS. The number of hydrogen-bond acceptors (Lipinski definition) is 4. The van der Waals surface area contributed by atoms with Gasteiger partial charge in [-0.1, -0.05) is 6.92 Å². The monoisotopic (exact) mass is 328 g/mol. The summed E-state index contributed by atoms with van der Waals surface area (Å²) in [5.41, 5.74) is 1.23. The van der Waals surface area contributed by atoms with Gasteiger partial charge in [0.15, 0.2) is 5.76 Å². The van der Waals surface area contributed by atoms with Crippen molar-refractivity contribution in [1.82, 2.24) is 10.3 Å². The molecule has 0 saturated carbocycles. The van der Waals surface area contributed by atoms with E-state index in [4.69, 9.17) is 4.42 Å². The lowest BCUT2D eigenvalue weighted by molar-refractivity contribution is 0.423. The van der Waals surface area contributed by atoms with Gasteiger partial charge in [0, 0.05) is 0 Å². The van der Waals surface area contributed by atoms with Crippen LogP contribution in [0.5, 0.6) is 0 Å². The summed E-state index contributed by atoms with van der Waals surface area (Å²) in [6.45, 7) is 7.27. The first-order chi connectivity index (χ1) is 8.61. The van der Waals surface area contributed by atoms with E-state index in [1.807, 2.05) is 0 Å². The van der Waals surface area contributed by atoms with Crippen molar-refractivity contribution in [2.24, 2.45) is 0 Å². The molecule has 5 heteroatoms. The molecule has 0 aromatic carbocycles. The SMILES string of the molecule is CCCNC(C)c1ncc(-c2cc(C)c(Br)s2)o1. The van der Waals surface area contributed by atoms with E-state index in [-0.39, 0.29) is 6.04 Å². The van der Waals surface area contributed by atoms with Gasteiger partial charge in [-0.15, -0.1) is 11.3 Å². The van der Waals surface area contributed by atoms with E-state index in [0.29, 0.717) is 0 Å². The van der Waals surface area contributed by atoms with Crippen molar-refractivity contribution in [3.8, 4) is 10.6 Å². The lowest BCUT2D eigenvalue weighted by Gasteiger charge is -2.08. The average molecular weight is 329 g/mol. The van der Waals surface area contributed by atoms with Crippen molar-refractivity contribution in [2.75, 3.05) is 6.54 Å². The highest BCUT2D eigenvalue weighted by Crippen LogP contribution is 2.35. The maximum Gasteiger partial charge on any atom is 0.211 e. The lowest BCUT2D eigenvalue weighted by Crippen LogP contribution is -2.19. The van der Waals surface area contributed by atoms with Crippen LogP contribution in [-0.2, 0) is 0 Å². The third-order valence-corrected chi connectivity index (χ3v) is 4.85. The Bertz CT molecular complexity index is 501. The van der Waals surface area contributed by atoms with Gasteiger partial charge in [0.2, 0.25) is 5.89 Å². The van der Waals surface area contributed by atoms with Gasteiger partial charge in [-0.3, -0.25) is 0 Å². The summed E-state index contributed by atoms with van der Waals surface area (Å²) in [6.07, 6.45) is 2.91. The third kappa shape index (κ3) is 3.02. The zero-order valence-electron chi connectivity index (χ0n) is 10.8. The summed E-state index contributed by atoms with van der Waals surface area (Å²) in [6, 6.07) is 2.27. The van der Waals surface area contributed by atoms with Gasteiger partial charge in [0.25, 0.3) is 0 Å². The van der Waals surface area contributed by atoms with Crippen LogP contribution >= 0.6 is 27.3 Å². The first-order valence-electron chi connectivity index (χ1n) is 6.07. The van der Waals surface area contributed by atoms with Crippen LogP contribution in [0.4, 0.5) is 0 Å². The van der Waals surface area contributed by atoms with Crippen LogP contribution < -0.4 is 5.32 Å². The highest BCUT2D eigenvalue weighted by Gasteiger charge is 2.14. The first-order valence-corrected chi connectivity index (χ1v) is 7.68. The molecule has 0 bridgehead atoms. The molecular weight excluding hydrogens is 312 g/mol. The molecule has 0 radical (unpaired) electrons. The molecule has 2 aromatic heterocycles. The lowest BCUT2D eigenvalue weighted by atomic mass is 10.3. The second kappa shape index (κ2) is 5.99. The van der Waals surface area contributed by atoms with Crippen molar-refractivity contribution in [2.45, 2.75) is 33.2 Å². The number of hydrogen-bond donors (Lipinski definition) is 1. The Balaban J connectivity index is 2.14. The van der Waals surface area contributed by atoms with Crippen LogP contribution in [-0.4, -0.2) is 11.5 Å². The number of halogens is 1. The predicted octanol–water partition coefficient (Wildman–Crippen LogP) is 4.53. The highest BCUT2D eigenvalue weighted by atomic mass is 79.9. The van der Waals surface area contributed by atoms with Gasteiger partial charge in [0.05, 0.1) is 20.9 Å². The normalized spacial score (nSPS) is 12.9. The van der Waals surface area contributed by atoms with Gasteiger partial charge in [-0.2, -0.15) is 0 Å². The van der Waals surface area contributed by atoms with E-state index in [1.165, 1.54) is 5.56 Å². The van der Waals surface area contributed by atoms with Crippen LogP contribution in [0.2, 0.25) is 0 Å². The molecule has 0 amide bonds. The van der Waals surface area contributed by atoms with Crippen LogP contribution in [0.25, 0.3) is 10.6 Å². The Kier molecular flexibility index (Phi) is 4.59. The predicted molar refractivity (Wildman–Crippen MR) is 79.0 cm³/mol. The van der Waals surface area contributed by atoms with Gasteiger partial charge < -0.3 is 9.73 Å². The first kappa shape index (κ1) is 13.8. The van der Waals surface area contributed by atoms with Crippen molar-refractivity contribution in [1.29, 1.82) is 0 Å². The van der Waals surface area contributed by atoms with Gasteiger partial charge in [-0.25, -0.2) is 4.98 Å². The summed E-state index contributed by atoms with van der Waals surface area (Å²) < 4.78 is 6.96. The standard InChI is InChI=1S/C13H17BrN2OS/c1-4-5-15-9(3)13-16-7-10(17-13)11-6-8(2)12(14)18-11/h6-7,9,15H,4-5H2,1-3H3. The molecule has 0 aliphatic rings.